The zero-order valence-electron chi connectivity index (χ0n) is 14.2. The van der Waals surface area contributed by atoms with Crippen LogP contribution in [0.25, 0.3) is 0 Å². The van der Waals surface area contributed by atoms with Crippen molar-refractivity contribution < 1.29 is 0 Å². The Hall–Kier alpha value is -0.860. The fourth-order valence-corrected chi connectivity index (χ4v) is 2.56. The largest absolute Gasteiger partial charge is 0.309 e. The van der Waals surface area contributed by atoms with E-state index < -0.39 is 0 Å². The van der Waals surface area contributed by atoms with E-state index in [1.165, 1.54) is 29.7 Å². The van der Waals surface area contributed by atoms with E-state index in [9.17, 15) is 0 Å². The third kappa shape index (κ3) is 5.26. The topological polar surface area (TPSA) is 15.3 Å². The molecule has 0 aliphatic heterocycles. The molecule has 1 rings (SSSR count). The lowest BCUT2D eigenvalue weighted by molar-refractivity contribution is 0.253. The van der Waals surface area contributed by atoms with Crippen molar-refractivity contribution in [2.24, 2.45) is 5.92 Å². The summed E-state index contributed by atoms with van der Waals surface area (Å²) < 4.78 is 0. The van der Waals surface area contributed by atoms with Gasteiger partial charge in [0, 0.05) is 19.1 Å². The minimum Gasteiger partial charge on any atom is -0.309 e. The molecule has 0 amide bonds. The normalized spacial score (nSPS) is 14.6. The zero-order chi connectivity index (χ0) is 15.1. The number of hydrogen-bond donors (Lipinski definition) is 1. The maximum atomic E-state index is 3.63. The molecule has 0 aromatic heterocycles. The maximum Gasteiger partial charge on any atom is 0.0449 e. The Morgan fingerprint density at radius 2 is 1.80 bits per heavy atom. The Morgan fingerprint density at radius 1 is 1.10 bits per heavy atom. The molecular formula is C18H32N2. The Morgan fingerprint density at radius 3 is 2.35 bits per heavy atom. The number of likely N-dealkylation sites (N-methyl/N-ethyl adjacent to an activating group) is 2. The highest BCUT2D eigenvalue weighted by molar-refractivity contribution is 5.31. The van der Waals surface area contributed by atoms with Gasteiger partial charge in [0.25, 0.3) is 0 Å². The molecule has 2 nitrogen and oxygen atoms in total. The molecule has 1 aromatic carbocycles. The van der Waals surface area contributed by atoms with Gasteiger partial charge in [-0.15, -0.1) is 0 Å². The van der Waals surface area contributed by atoms with Gasteiger partial charge in [-0.05, 0) is 50.0 Å². The first-order valence-corrected chi connectivity index (χ1v) is 7.96. The standard InChI is InChI=1S/C18H32N2/c1-7-14(3)12-20(6)13-18(19-8-2)17-10-9-15(4)16(5)11-17/h9-11,14,18-19H,7-8,12-13H2,1-6H3. The molecular weight excluding hydrogens is 244 g/mol. The highest BCUT2D eigenvalue weighted by Gasteiger charge is 2.14. The molecule has 0 spiro atoms. The van der Waals surface area contributed by atoms with Crippen LogP contribution in [-0.4, -0.2) is 31.6 Å². The number of aryl methyl sites for hydroxylation is 2. The van der Waals surface area contributed by atoms with E-state index in [4.69, 9.17) is 0 Å². The molecule has 0 aliphatic rings. The molecule has 114 valence electrons. The Balaban J connectivity index is 2.75. The fraction of sp³-hybridized carbons (Fsp3) is 0.667. The van der Waals surface area contributed by atoms with Crippen molar-refractivity contribution in [2.45, 2.75) is 47.1 Å². The molecule has 0 bridgehead atoms. The van der Waals surface area contributed by atoms with Crippen LogP contribution in [0.2, 0.25) is 0 Å². The number of hydrogen-bond acceptors (Lipinski definition) is 2. The van der Waals surface area contributed by atoms with E-state index >= 15 is 0 Å². The van der Waals surface area contributed by atoms with Crippen LogP contribution in [0.15, 0.2) is 18.2 Å². The van der Waals surface area contributed by atoms with Crippen molar-refractivity contribution in [3.63, 3.8) is 0 Å². The highest BCUT2D eigenvalue weighted by Crippen LogP contribution is 2.18. The summed E-state index contributed by atoms with van der Waals surface area (Å²) in [7, 11) is 2.23. The van der Waals surface area contributed by atoms with Gasteiger partial charge in [0.05, 0.1) is 0 Å². The molecule has 1 N–H and O–H groups in total. The molecule has 0 heterocycles. The van der Waals surface area contributed by atoms with Crippen molar-refractivity contribution in [3.8, 4) is 0 Å². The Bertz CT molecular complexity index is 400. The second kappa shape index (κ2) is 8.43. The SMILES string of the molecule is CCNC(CN(C)CC(C)CC)c1ccc(C)c(C)c1. The predicted octanol–water partition coefficient (Wildman–Crippen LogP) is 3.93. The van der Waals surface area contributed by atoms with Crippen LogP contribution < -0.4 is 5.32 Å². The van der Waals surface area contributed by atoms with Gasteiger partial charge in [0.15, 0.2) is 0 Å². The van der Waals surface area contributed by atoms with E-state index in [1.54, 1.807) is 0 Å². The van der Waals surface area contributed by atoms with E-state index in [0.29, 0.717) is 6.04 Å². The monoisotopic (exact) mass is 276 g/mol. The van der Waals surface area contributed by atoms with Crippen molar-refractivity contribution in [3.05, 3.63) is 34.9 Å². The second-order valence-corrected chi connectivity index (χ2v) is 6.19. The maximum absolute atomic E-state index is 3.63. The summed E-state index contributed by atoms with van der Waals surface area (Å²) in [6.45, 7) is 14.4. The Kier molecular flexibility index (Phi) is 7.25. The molecule has 0 aliphatic carbocycles. The van der Waals surface area contributed by atoms with Crippen LogP contribution in [0, 0.1) is 19.8 Å². The molecule has 1 aromatic rings. The van der Waals surface area contributed by atoms with Crippen LogP contribution in [0.1, 0.15) is 49.9 Å². The van der Waals surface area contributed by atoms with E-state index in [2.05, 4.69) is 70.1 Å². The highest BCUT2D eigenvalue weighted by atomic mass is 15.1. The first kappa shape index (κ1) is 17.2. The van der Waals surface area contributed by atoms with Gasteiger partial charge in [-0.1, -0.05) is 45.4 Å². The summed E-state index contributed by atoms with van der Waals surface area (Å²) in [6.07, 6.45) is 1.25. The van der Waals surface area contributed by atoms with E-state index in [-0.39, 0.29) is 0 Å². The summed E-state index contributed by atoms with van der Waals surface area (Å²) in [5.74, 6) is 0.766. The van der Waals surface area contributed by atoms with E-state index in [1.807, 2.05) is 0 Å². The van der Waals surface area contributed by atoms with Crippen LogP contribution in [-0.2, 0) is 0 Å². The fourth-order valence-electron chi connectivity index (χ4n) is 2.56. The average molecular weight is 276 g/mol. The lowest BCUT2D eigenvalue weighted by atomic mass is 10.00. The molecule has 0 radical (unpaired) electrons. The van der Waals surface area contributed by atoms with Gasteiger partial charge in [-0.25, -0.2) is 0 Å². The predicted molar refractivity (Wildman–Crippen MR) is 89.3 cm³/mol. The molecule has 0 saturated heterocycles. The van der Waals surface area contributed by atoms with Crippen molar-refractivity contribution in [1.29, 1.82) is 0 Å². The van der Waals surface area contributed by atoms with Gasteiger partial charge in [0.1, 0.15) is 0 Å². The number of nitrogens with one attached hydrogen (secondary N) is 1. The zero-order valence-corrected chi connectivity index (χ0v) is 14.2. The summed E-state index contributed by atoms with van der Waals surface area (Å²) in [6, 6.07) is 7.27. The van der Waals surface area contributed by atoms with Crippen LogP contribution in [0.5, 0.6) is 0 Å². The summed E-state index contributed by atoms with van der Waals surface area (Å²) in [5.41, 5.74) is 4.16. The minimum absolute atomic E-state index is 0.424. The first-order chi connectivity index (χ1) is 9.47. The smallest absolute Gasteiger partial charge is 0.0449 e. The average Bonchev–Trinajstić information content (AvgIpc) is 2.41. The first-order valence-electron chi connectivity index (χ1n) is 7.96. The van der Waals surface area contributed by atoms with Crippen molar-refractivity contribution in [2.75, 3.05) is 26.7 Å². The lowest BCUT2D eigenvalue weighted by Crippen LogP contribution is -2.35. The quantitative estimate of drug-likeness (QED) is 0.774. The van der Waals surface area contributed by atoms with Crippen molar-refractivity contribution in [1.82, 2.24) is 10.2 Å². The van der Waals surface area contributed by atoms with Gasteiger partial charge >= 0.3 is 0 Å². The number of benzene rings is 1. The molecule has 0 fully saturated rings. The van der Waals surface area contributed by atoms with Crippen LogP contribution >= 0.6 is 0 Å². The lowest BCUT2D eigenvalue weighted by Gasteiger charge is -2.27. The second-order valence-electron chi connectivity index (χ2n) is 6.19. The summed E-state index contributed by atoms with van der Waals surface area (Å²) in [5, 5.41) is 3.63. The van der Waals surface area contributed by atoms with Gasteiger partial charge < -0.3 is 10.2 Å². The van der Waals surface area contributed by atoms with Gasteiger partial charge in [-0.2, -0.15) is 0 Å². The van der Waals surface area contributed by atoms with E-state index in [0.717, 1.165) is 19.0 Å². The summed E-state index contributed by atoms with van der Waals surface area (Å²) in [4.78, 5) is 2.46. The van der Waals surface area contributed by atoms with Gasteiger partial charge in [0.2, 0.25) is 0 Å². The minimum atomic E-state index is 0.424. The molecule has 2 unspecified atom stereocenters. The molecule has 20 heavy (non-hydrogen) atoms. The molecule has 2 heteroatoms. The molecule has 0 saturated carbocycles. The Labute approximate surface area is 125 Å². The van der Waals surface area contributed by atoms with Crippen LogP contribution in [0.4, 0.5) is 0 Å². The van der Waals surface area contributed by atoms with Gasteiger partial charge in [-0.3, -0.25) is 0 Å². The third-order valence-corrected chi connectivity index (χ3v) is 4.20. The number of nitrogens with zero attached hydrogens (tertiary/aromatic N) is 1. The van der Waals surface area contributed by atoms with Crippen LogP contribution in [0.3, 0.4) is 0 Å². The molecule has 2 atom stereocenters. The number of rotatable bonds is 8. The van der Waals surface area contributed by atoms with Crippen molar-refractivity contribution >= 4 is 0 Å². The summed E-state index contributed by atoms with van der Waals surface area (Å²) >= 11 is 0. The third-order valence-electron chi connectivity index (χ3n) is 4.20.